The molecule has 17 heavy (non-hydrogen) atoms. The Morgan fingerprint density at radius 1 is 1.35 bits per heavy atom. The van der Waals surface area contributed by atoms with Gasteiger partial charge >= 0.3 is 0 Å². The van der Waals surface area contributed by atoms with Crippen LogP contribution in [0.25, 0.3) is 0 Å². The fraction of sp³-hybridized carbons (Fsp3) is 0.273. The first-order valence-corrected chi connectivity index (χ1v) is 5.05. The molecule has 0 spiro atoms. The summed E-state index contributed by atoms with van der Waals surface area (Å²) in [6, 6.07) is 4.23. The van der Waals surface area contributed by atoms with Gasteiger partial charge in [0.1, 0.15) is 5.82 Å². The van der Waals surface area contributed by atoms with Gasteiger partial charge in [-0.25, -0.2) is 4.39 Å². The highest BCUT2D eigenvalue weighted by Crippen LogP contribution is 2.13. The molecule has 0 saturated heterocycles. The van der Waals surface area contributed by atoms with Crippen molar-refractivity contribution < 1.29 is 14.0 Å². The van der Waals surface area contributed by atoms with Gasteiger partial charge in [0, 0.05) is 5.69 Å². The predicted molar refractivity (Wildman–Crippen MR) is 61.8 cm³/mol. The summed E-state index contributed by atoms with van der Waals surface area (Å²) in [5, 5.41) is 4.86. The van der Waals surface area contributed by atoms with Crippen LogP contribution in [0.2, 0.25) is 0 Å². The van der Waals surface area contributed by atoms with Crippen LogP contribution in [0.3, 0.4) is 0 Å². The number of nitrogens with one attached hydrogen (secondary N) is 2. The molecule has 0 bridgehead atoms. The van der Waals surface area contributed by atoms with Gasteiger partial charge in [-0.3, -0.25) is 9.59 Å². The number of nitrogens with two attached hydrogens (primary N) is 1. The number of amides is 2. The molecule has 1 aromatic rings. The van der Waals surface area contributed by atoms with Crippen molar-refractivity contribution in [2.24, 2.45) is 5.73 Å². The fourth-order valence-electron chi connectivity index (χ4n) is 1.18. The second-order valence-corrected chi connectivity index (χ2v) is 3.49. The van der Waals surface area contributed by atoms with E-state index in [1.165, 1.54) is 18.2 Å². The van der Waals surface area contributed by atoms with E-state index in [9.17, 15) is 14.0 Å². The van der Waals surface area contributed by atoms with E-state index in [-0.39, 0.29) is 18.9 Å². The van der Waals surface area contributed by atoms with Gasteiger partial charge in [-0.15, -0.1) is 0 Å². The van der Waals surface area contributed by atoms with Crippen LogP contribution in [0.15, 0.2) is 18.2 Å². The number of hydrogen-bond acceptors (Lipinski definition) is 3. The molecule has 92 valence electrons. The van der Waals surface area contributed by atoms with Gasteiger partial charge < -0.3 is 16.4 Å². The summed E-state index contributed by atoms with van der Waals surface area (Å²) < 4.78 is 13.0. The second-order valence-electron chi connectivity index (χ2n) is 3.49. The number of anilines is 1. The lowest BCUT2D eigenvalue weighted by molar-refractivity contribution is -0.123. The van der Waals surface area contributed by atoms with Crippen molar-refractivity contribution in [3.8, 4) is 0 Å². The number of carbonyl (C=O) groups is 2. The number of carbonyl (C=O) groups excluding carboxylic acids is 2. The molecule has 0 aliphatic carbocycles. The maximum Gasteiger partial charge on any atom is 0.243 e. The Balaban J connectivity index is 2.50. The summed E-state index contributed by atoms with van der Waals surface area (Å²) in [5.74, 6) is -1.13. The molecule has 0 aromatic heterocycles. The van der Waals surface area contributed by atoms with E-state index >= 15 is 0 Å². The number of hydrogen-bond donors (Lipinski definition) is 3. The van der Waals surface area contributed by atoms with E-state index in [0.29, 0.717) is 11.3 Å². The molecule has 5 nitrogen and oxygen atoms in total. The van der Waals surface area contributed by atoms with Gasteiger partial charge in [0.05, 0.1) is 13.1 Å². The van der Waals surface area contributed by atoms with Gasteiger partial charge in [-0.2, -0.15) is 0 Å². The molecule has 4 N–H and O–H groups in total. The average molecular weight is 239 g/mol. The predicted octanol–water partition coefficient (Wildman–Crippen LogP) is 0.148. The Labute approximate surface area is 98.2 Å². The summed E-state index contributed by atoms with van der Waals surface area (Å²) >= 11 is 0. The van der Waals surface area contributed by atoms with Gasteiger partial charge in [0.15, 0.2) is 0 Å². The minimum atomic E-state index is -0.407. The van der Waals surface area contributed by atoms with Gasteiger partial charge in [0.25, 0.3) is 0 Å². The molecule has 2 amide bonds. The first-order chi connectivity index (χ1) is 8.02. The highest BCUT2D eigenvalue weighted by Gasteiger charge is 2.05. The van der Waals surface area contributed by atoms with Gasteiger partial charge in [-0.1, -0.05) is 0 Å². The van der Waals surface area contributed by atoms with E-state index in [4.69, 9.17) is 5.73 Å². The summed E-state index contributed by atoms with van der Waals surface area (Å²) in [7, 11) is 0. The van der Waals surface area contributed by atoms with Crippen LogP contribution in [-0.4, -0.2) is 24.9 Å². The smallest absolute Gasteiger partial charge is 0.243 e. The van der Waals surface area contributed by atoms with Crippen molar-refractivity contribution in [2.45, 2.75) is 6.92 Å². The van der Waals surface area contributed by atoms with Crippen molar-refractivity contribution in [3.05, 3.63) is 29.6 Å². The highest BCUT2D eigenvalue weighted by molar-refractivity contribution is 5.94. The fourth-order valence-corrected chi connectivity index (χ4v) is 1.18. The number of rotatable bonds is 4. The molecule has 0 saturated carbocycles. The first-order valence-electron chi connectivity index (χ1n) is 5.05. The SMILES string of the molecule is Cc1cc(NC(=O)CNC(=O)CN)ccc1F. The standard InChI is InChI=1S/C11H14FN3O2/c1-7-4-8(2-3-9(7)12)15-11(17)6-14-10(16)5-13/h2-4H,5-6,13H2,1H3,(H,14,16)(H,15,17). The minimum Gasteiger partial charge on any atom is -0.346 e. The molecule has 6 heteroatoms. The lowest BCUT2D eigenvalue weighted by atomic mass is 10.2. The van der Waals surface area contributed by atoms with E-state index in [0.717, 1.165) is 0 Å². The van der Waals surface area contributed by atoms with Gasteiger partial charge in [-0.05, 0) is 30.7 Å². The lowest BCUT2D eigenvalue weighted by Crippen LogP contribution is -2.36. The molecule has 1 rings (SSSR count). The molecule has 0 fully saturated rings. The number of halogens is 1. The lowest BCUT2D eigenvalue weighted by Gasteiger charge is -2.07. The van der Waals surface area contributed by atoms with Crippen LogP contribution in [0.1, 0.15) is 5.56 Å². The molecule has 1 aromatic carbocycles. The van der Waals surface area contributed by atoms with Crippen LogP contribution in [0.5, 0.6) is 0 Å². The van der Waals surface area contributed by atoms with Crippen molar-refractivity contribution in [3.63, 3.8) is 0 Å². The number of aryl methyl sites for hydroxylation is 1. The third kappa shape index (κ3) is 4.20. The monoisotopic (exact) mass is 239 g/mol. The normalized spacial score (nSPS) is 9.82. The largest absolute Gasteiger partial charge is 0.346 e. The molecule has 0 atom stereocenters. The van der Waals surface area contributed by atoms with Crippen molar-refractivity contribution in [1.82, 2.24) is 5.32 Å². The van der Waals surface area contributed by atoms with Crippen molar-refractivity contribution in [2.75, 3.05) is 18.4 Å². The van der Waals surface area contributed by atoms with E-state index in [1.54, 1.807) is 6.92 Å². The zero-order valence-corrected chi connectivity index (χ0v) is 9.42. The Bertz CT molecular complexity index is 435. The Morgan fingerprint density at radius 3 is 2.65 bits per heavy atom. The summed E-state index contributed by atoms with van der Waals surface area (Å²) in [6.07, 6.45) is 0. The molecule has 0 unspecified atom stereocenters. The number of benzene rings is 1. The molecule has 0 heterocycles. The van der Waals surface area contributed by atoms with Crippen LogP contribution in [0.4, 0.5) is 10.1 Å². The molecule has 0 aliphatic rings. The van der Waals surface area contributed by atoms with E-state index in [2.05, 4.69) is 10.6 Å². The summed E-state index contributed by atoms with van der Waals surface area (Å²) in [5.41, 5.74) is 5.98. The molecule has 0 radical (unpaired) electrons. The second kappa shape index (κ2) is 5.95. The van der Waals surface area contributed by atoms with E-state index < -0.39 is 11.8 Å². The maximum atomic E-state index is 13.0. The Hall–Kier alpha value is -1.95. The van der Waals surface area contributed by atoms with E-state index in [1.807, 2.05) is 0 Å². The quantitative estimate of drug-likeness (QED) is 0.699. The van der Waals surface area contributed by atoms with Crippen LogP contribution in [-0.2, 0) is 9.59 Å². The summed E-state index contributed by atoms with van der Waals surface area (Å²) in [6.45, 7) is 1.27. The molecular formula is C11H14FN3O2. The zero-order chi connectivity index (χ0) is 12.8. The Kier molecular flexibility index (Phi) is 4.59. The van der Waals surface area contributed by atoms with Crippen molar-refractivity contribution in [1.29, 1.82) is 0 Å². The minimum absolute atomic E-state index is 0.160. The van der Waals surface area contributed by atoms with Crippen LogP contribution in [0, 0.1) is 12.7 Å². The Morgan fingerprint density at radius 2 is 2.06 bits per heavy atom. The maximum absolute atomic E-state index is 13.0. The first kappa shape index (κ1) is 13.1. The zero-order valence-electron chi connectivity index (χ0n) is 9.42. The van der Waals surface area contributed by atoms with Crippen molar-refractivity contribution >= 4 is 17.5 Å². The van der Waals surface area contributed by atoms with Gasteiger partial charge in [0.2, 0.25) is 11.8 Å². The third-order valence-corrected chi connectivity index (χ3v) is 2.07. The highest BCUT2D eigenvalue weighted by atomic mass is 19.1. The average Bonchev–Trinajstić information content (AvgIpc) is 2.31. The van der Waals surface area contributed by atoms with Crippen LogP contribution < -0.4 is 16.4 Å². The third-order valence-electron chi connectivity index (χ3n) is 2.07. The molecule has 0 aliphatic heterocycles. The van der Waals surface area contributed by atoms with Crippen LogP contribution >= 0.6 is 0 Å². The summed E-state index contributed by atoms with van der Waals surface area (Å²) in [4.78, 5) is 22.2. The topological polar surface area (TPSA) is 84.2 Å². The molecular weight excluding hydrogens is 225 g/mol.